The van der Waals surface area contributed by atoms with Gasteiger partial charge in [-0.3, -0.25) is 19.2 Å². The van der Waals surface area contributed by atoms with Gasteiger partial charge in [0.25, 0.3) is 0 Å². The molecule has 0 fully saturated rings. The number of phenolic OH excluding ortho intramolecular Hbond substituents is 1. The van der Waals surface area contributed by atoms with Gasteiger partial charge in [0.1, 0.15) is 23.9 Å². The zero-order valence-corrected chi connectivity index (χ0v) is 19.7. The molecule has 4 unspecified atom stereocenters. The number of thiol groups is 1. The topological polar surface area (TPSA) is 214 Å². The van der Waals surface area contributed by atoms with Gasteiger partial charge in [-0.05, 0) is 30.0 Å². The van der Waals surface area contributed by atoms with Crippen LogP contribution in [0.5, 0.6) is 5.75 Å². The van der Waals surface area contributed by atoms with Gasteiger partial charge >= 0.3 is 5.97 Å². The maximum absolute atomic E-state index is 12.7. The number of hydrogen-bond donors (Lipinski definition) is 8. The predicted octanol–water partition coefficient (Wildman–Crippen LogP) is -1.74. The van der Waals surface area contributed by atoms with Crippen molar-refractivity contribution in [1.82, 2.24) is 16.0 Å². The minimum absolute atomic E-state index is 0.0710. The van der Waals surface area contributed by atoms with Crippen molar-refractivity contribution >= 4 is 42.2 Å². The Labute approximate surface area is 202 Å². The van der Waals surface area contributed by atoms with Gasteiger partial charge < -0.3 is 37.6 Å². The van der Waals surface area contributed by atoms with Crippen LogP contribution in [0.15, 0.2) is 24.3 Å². The van der Waals surface area contributed by atoms with E-state index < -0.39 is 66.1 Å². The van der Waals surface area contributed by atoms with Crippen molar-refractivity contribution in [3.8, 4) is 5.75 Å². The average molecular weight is 498 g/mol. The van der Waals surface area contributed by atoms with Crippen LogP contribution < -0.4 is 27.4 Å². The molecule has 1 rings (SSSR count). The number of nitrogens with two attached hydrogens (primary N) is 2. The summed E-state index contributed by atoms with van der Waals surface area (Å²) in [5, 5.41) is 25.6. The molecule has 0 saturated heterocycles. The number of aromatic hydroxyl groups is 1. The van der Waals surface area contributed by atoms with Gasteiger partial charge in [-0.25, -0.2) is 4.79 Å². The summed E-state index contributed by atoms with van der Waals surface area (Å²) in [6.45, 7) is 3.24. The normalized spacial score (nSPS) is 14.4. The Morgan fingerprint density at radius 2 is 1.50 bits per heavy atom. The summed E-state index contributed by atoms with van der Waals surface area (Å²) in [6, 6.07) is 1.30. The minimum atomic E-state index is -1.55. The number of rotatable bonds is 13. The lowest BCUT2D eigenvalue weighted by Crippen LogP contribution is -2.59. The third kappa shape index (κ3) is 9.27. The van der Waals surface area contributed by atoms with Crippen LogP contribution in [0, 0.1) is 5.92 Å². The van der Waals surface area contributed by atoms with E-state index in [2.05, 4.69) is 28.6 Å². The van der Waals surface area contributed by atoms with Crippen LogP contribution in [-0.4, -0.2) is 69.7 Å². The van der Waals surface area contributed by atoms with E-state index in [1.807, 2.05) is 0 Å². The fraction of sp³-hybridized carbons (Fsp3) is 0.476. The molecule has 0 aliphatic rings. The average Bonchev–Trinajstić information content (AvgIpc) is 2.75. The molecule has 9 N–H and O–H groups in total. The third-order valence-electron chi connectivity index (χ3n) is 4.81. The van der Waals surface area contributed by atoms with E-state index >= 15 is 0 Å². The first kappa shape index (κ1) is 28.7. The van der Waals surface area contributed by atoms with Crippen molar-refractivity contribution in [2.45, 2.75) is 50.9 Å². The van der Waals surface area contributed by atoms with Gasteiger partial charge in [-0.15, -0.1) is 0 Å². The van der Waals surface area contributed by atoms with Crippen molar-refractivity contribution in [1.29, 1.82) is 0 Å². The Balaban J connectivity index is 2.80. The lowest BCUT2D eigenvalue weighted by molar-refractivity contribution is -0.144. The van der Waals surface area contributed by atoms with Gasteiger partial charge in [-0.2, -0.15) is 12.6 Å². The number of primary amides is 1. The molecule has 0 bridgehead atoms. The Morgan fingerprint density at radius 1 is 0.941 bits per heavy atom. The molecule has 0 radical (unpaired) electrons. The number of carboxylic acids is 1. The molecule has 4 atom stereocenters. The summed E-state index contributed by atoms with van der Waals surface area (Å²) in [5.74, 6) is -5.04. The number of phenols is 1. The van der Waals surface area contributed by atoms with E-state index in [1.165, 1.54) is 12.1 Å². The molecule has 0 aliphatic heterocycles. The van der Waals surface area contributed by atoms with Crippen LogP contribution in [0.1, 0.15) is 25.8 Å². The van der Waals surface area contributed by atoms with Crippen LogP contribution >= 0.6 is 12.6 Å². The molecule has 4 amide bonds. The fourth-order valence-corrected chi connectivity index (χ4v) is 3.16. The van der Waals surface area contributed by atoms with Crippen molar-refractivity contribution in [2.24, 2.45) is 17.4 Å². The first-order valence-corrected chi connectivity index (χ1v) is 11.1. The fourth-order valence-electron chi connectivity index (χ4n) is 2.90. The lowest BCUT2D eigenvalue weighted by Gasteiger charge is -2.26. The van der Waals surface area contributed by atoms with Gasteiger partial charge in [0, 0.05) is 5.75 Å². The second-order valence-electron chi connectivity index (χ2n) is 8.02. The number of hydrogen-bond acceptors (Lipinski definition) is 8. The summed E-state index contributed by atoms with van der Waals surface area (Å²) < 4.78 is 0. The van der Waals surface area contributed by atoms with E-state index in [9.17, 15) is 34.2 Å². The second kappa shape index (κ2) is 13.4. The number of amides is 4. The van der Waals surface area contributed by atoms with E-state index in [-0.39, 0.29) is 17.9 Å². The SMILES string of the molecule is CC(C)C(NC(=O)C(CS)NC(=O)C(N)Cc1ccc(O)cc1)C(=O)NC(CC(N)=O)C(=O)O. The maximum atomic E-state index is 12.7. The van der Waals surface area contributed by atoms with Crippen LogP contribution in [0.2, 0.25) is 0 Å². The molecule has 0 saturated carbocycles. The predicted molar refractivity (Wildman–Crippen MR) is 126 cm³/mol. The molecule has 12 nitrogen and oxygen atoms in total. The highest BCUT2D eigenvalue weighted by atomic mass is 32.1. The van der Waals surface area contributed by atoms with Crippen molar-refractivity contribution < 1.29 is 34.2 Å². The summed E-state index contributed by atoms with van der Waals surface area (Å²) in [6.07, 6.45) is -0.464. The van der Waals surface area contributed by atoms with Gasteiger partial charge in [0.15, 0.2) is 0 Å². The molecule has 13 heteroatoms. The summed E-state index contributed by atoms with van der Waals surface area (Å²) in [7, 11) is 0. The monoisotopic (exact) mass is 497 g/mol. The van der Waals surface area contributed by atoms with Gasteiger partial charge in [0.2, 0.25) is 23.6 Å². The zero-order valence-electron chi connectivity index (χ0n) is 18.9. The number of aliphatic carboxylic acids is 1. The van der Waals surface area contributed by atoms with E-state index in [0.717, 1.165) is 0 Å². The van der Waals surface area contributed by atoms with Gasteiger partial charge in [0.05, 0.1) is 12.5 Å². The first-order valence-electron chi connectivity index (χ1n) is 10.4. The Bertz CT molecular complexity index is 894. The summed E-state index contributed by atoms with van der Waals surface area (Å²) >= 11 is 4.08. The number of carbonyl (C=O) groups excluding carboxylic acids is 4. The second-order valence-corrected chi connectivity index (χ2v) is 8.39. The molecule has 188 valence electrons. The van der Waals surface area contributed by atoms with Crippen LogP contribution in [0.25, 0.3) is 0 Å². The third-order valence-corrected chi connectivity index (χ3v) is 5.18. The highest BCUT2D eigenvalue weighted by Gasteiger charge is 2.32. The van der Waals surface area contributed by atoms with Gasteiger partial charge in [-0.1, -0.05) is 26.0 Å². The molecule has 0 aromatic heterocycles. The minimum Gasteiger partial charge on any atom is -0.508 e. The van der Waals surface area contributed by atoms with E-state index in [1.54, 1.807) is 26.0 Å². The van der Waals surface area contributed by atoms with E-state index in [0.29, 0.717) is 5.56 Å². The lowest BCUT2D eigenvalue weighted by atomic mass is 10.0. The number of carboxylic acid groups (broad SMARTS) is 1. The molecule has 0 heterocycles. The molecule has 1 aromatic carbocycles. The van der Waals surface area contributed by atoms with Crippen LogP contribution in [0.3, 0.4) is 0 Å². The molecule has 0 spiro atoms. The first-order chi connectivity index (χ1) is 15.8. The highest BCUT2D eigenvalue weighted by Crippen LogP contribution is 2.11. The van der Waals surface area contributed by atoms with Crippen molar-refractivity contribution in [2.75, 3.05) is 5.75 Å². The summed E-state index contributed by atoms with van der Waals surface area (Å²) in [5.41, 5.74) is 11.6. The van der Waals surface area contributed by atoms with Crippen LogP contribution in [0.4, 0.5) is 0 Å². The number of nitrogens with one attached hydrogen (secondary N) is 3. The smallest absolute Gasteiger partial charge is 0.326 e. The maximum Gasteiger partial charge on any atom is 0.326 e. The molecular weight excluding hydrogens is 466 g/mol. The number of carbonyl (C=O) groups is 5. The highest BCUT2D eigenvalue weighted by molar-refractivity contribution is 7.80. The summed E-state index contributed by atoms with van der Waals surface area (Å²) in [4.78, 5) is 60.1. The Morgan fingerprint density at radius 3 is 1.97 bits per heavy atom. The Hall–Kier alpha value is -3.32. The molecular formula is C21H31N5O7S. The van der Waals surface area contributed by atoms with Crippen LogP contribution in [-0.2, 0) is 30.4 Å². The number of benzene rings is 1. The molecule has 34 heavy (non-hydrogen) atoms. The largest absolute Gasteiger partial charge is 0.508 e. The molecule has 1 aromatic rings. The standard InChI is InChI=1S/C21H31N5O7S/c1-10(2)17(20(31)24-14(21(32)33)8-16(23)28)26-19(30)15(9-34)25-18(29)13(22)7-11-3-5-12(27)6-4-11/h3-6,10,13-15,17,27,34H,7-9,22H2,1-2H3,(H2,23,28)(H,24,31)(H,25,29)(H,26,30)(H,32,33). The Kier molecular flexibility index (Phi) is 11.3. The van der Waals surface area contributed by atoms with Crippen molar-refractivity contribution in [3.05, 3.63) is 29.8 Å². The quantitative estimate of drug-likeness (QED) is 0.146. The van der Waals surface area contributed by atoms with E-state index in [4.69, 9.17) is 11.5 Å². The van der Waals surface area contributed by atoms with Crippen molar-refractivity contribution in [3.63, 3.8) is 0 Å². The zero-order chi connectivity index (χ0) is 26.0. The molecule has 0 aliphatic carbocycles.